The lowest BCUT2D eigenvalue weighted by Gasteiger charge is -2.32. The van der Waals surface area contributed by atoms with Gasteiger partial charge in [0.05, 0.1) is 24.9 Å². The number of ether oxygens (including phenoxy) is 1. The topological polar surface area (TPSA) is 56.5 Å². The molecular weight excluding hydrogens is 235 g/mol. The van der Waals surface area contributed by atoms with Crippen LogP contribution in [0.2, 0.25) is 0 Å². The largest absolute Gasteiger partial charge is 0.394 e. The lowest BCUT2D eigenvalue weighted by molar-refractivity contribution is -0.0553. The number of morpholine rings is 1. The van der Waals surface area contributed by atoms with Crippen LogP contribution in [0.4, 0.5) is 4.39 Å². The van der Waals surface area contributed by atoms with Gasteiger partial charge in [-0.1, -0.05) is 12.1 Å². The maximum atomic E-state index is 13.9. The van der Waals surface area contributed by atoms with Gasteiger partial charge in [0, 0.05) is 25.2 Å². The molecule has 0 bridgehead atoms. The summed E-state index contributed by atoms with van der Waals surface area (Å²) in [6, 6.07) is 6.66. The van der Waals surface area contributed by atoms with Gasteiger partial charge in [-0.25, -0.2) is 4.39 Å². The number of hydrogen-bond acceptors (Lipinski definition) is 4. The second kappa shape index (κ2) is 5.91. The van der Waals surface area contributed by atoms with Crippen LogP contribution < -0.4 is 0 Å². The van der Waals surface area contributed by atoms with Gasteiger partial charge in [-0.15, -0.1) is 0 Å². The predicted molar refractivity (Wildman–Crippen MR) is 63.2 cm³/mol. The Labute approximate surface area is 105 Å². The number of halogens is 1. The first-order valence-electron chi connectivity index (χ1n) is 5.87. The lowest BCUT2D eigenvalue weighted by atomic mass is 10.1. The van der Waals surface area contributed by atoms with Crippen LogP contribution in [0, 0.1) is 17.1 Å². The monoisotopic (exact) mass is 250 g/mol. The van der Waals surface area contributed by atoms with E-state index in [4.69, 9.17) is 15.1 Å². The highest BCUT2D eigenvalue weighted by molar-refractivity contribution is 5.34. The summed E-state index contributed by atoms with van der Waals surface area (Å²) in [6.07, 6.45) is -0.207. The highest BCUT2D eigenvalue weighted by atomic mass is 19.1. The molecule has 4 nitrogen and oxygen atoms in total. The van der Waals surface area contributed by atoms with Gasteiger partial charge in [-0.05, 0) is 6.07 Å². The van der Waals surface area contributed by atoms with Crippen molar-refractivity contribution in [3.63, 3.8) is 0 Å². The first-order valence-corrected chi connectivity index (χ1v) is 5.87. The number of nitriles is 1. The molecule has 0 amide bonds. The Morgan fingerprint density at radius 3 is 3.11 bits per heavy atom. The molecule has 1 N–H and O–H groups in total. The Kier molecular flexibility index (Phi) is 4.26. The number of rotatable bonds is 3. The van der Waals surface area contributed by atoms with E-state index in [2.05, 4.69) is 0 Å². The summed E-state index contributed by atoms with van der Waals surface area (Å²) in [4.78, 5) is 2.02. The minimum absolute atomic E-state index is 0.0305. The van der Waals surface area contributed by atoms with E-state index in [0.29, 0.717) is 31.8 Å². The molecule has 0 aliphatic carbocycles. The zero-order valence-corrected chi connectivity index (χ0v) is 9.97. The molecule has 1 unspecified atom stereocenters. The van der Waals surface area contributed by atoms with E-state index in [1.165, 1.54) is 6.07 Å². The molecule has 0 spiro atoms. The van der Waals surface area contributed by atoms with E-state index < -0.39 is 5.82 Å². The van der Waals surface area contributed by atoms with Crippen molar-refractivity contribution in [3.05, 3.63) is 35.1 Å². The SMILES string of the molecule is N#Cc1cccc(CN2CCOC(CO)C2)c1F. The Balaban J connectivity index is 2.07. The molecule has 1 atom stereocenters. The summed E-state index contributed by atoms with van der Waals surface area (Å²) < 4.78 is 19.2. The first kappa shape index (κ1) is 13.0. The Morgan fingerprint density at radius 1 is 1.56 bits per heavy atom. The van der Waals surface area contributed by atoms with E-state index >= 15 is 0 Å². The fourth-order valence-electron chi connectivity index (χ4n) is 2.06. The van der Waals surface area contributed by atoms with E-state index in [1.807, 2.05) is 11.0 Å². The number of benzene rings is 1. The van der Waals surface area contributed by atoms with Crippen molar-refractivity contribution in [2.75, 3.05) is 26.3 Å². The number of hydrogen-bond donors (Lipinski definition) is 1. The van der Waals surface area contributed by atoms with Gasteiger partial charge in [0.2, 0.25) is 0 Å². The molecule has 5 heteroatoms. The van der Waals surface area contributed by atoms with Crippen LogP contribution in [0.15, 0.2) is 18.2 Å². The fourth-order valence-corrected chi connectivity index (χ4v) is 2.06. The van der Waals surface area contributed by atoms with Crippen molar-refractivity contribution in [2.45, 2.75) is 12.6 Å². The van der Waals surface area contributed by atoms with Crippen molar-refractivity contribution >= 4 is 0 Å². The van der Waals surface area contributed by atoms with Crippen LogP contribution in [-0.4, -0.2) is 42.4 Å². The van der Waals surface area contributed by atoms with Crippen LogP contribution in [0.3, 0.4) is 0 Å². The number of aliphatic hydroxyl groups is 1. The third-order valence-electron chi connectivity index (χ3n) is 3.02. The second-order valence-electron chi connectivity index (χ2n) is 4.30. The van der Waals surface area contributed by atoms with Crippen LogP contribution in [0.1, 0.15) is 11.1 Å². The standard InChI is InChI=1S/C13H15FN2O2/c14-13-10(6-15)2-1-3-11(13)7-16-4-5-18-12(8-16)9-17/h1-3,12,17H,4-5,7-9H2. The van der Waals surface area contributed by atoms with Crippen LogP contribution in [-0.2, 0) is 11.3 Å². The molecule has 1 aromatic rings. The molecule has 18 heavy (non-hydrogen) atoms. The summed E-state index contributed by atoms with van der Waals surface area (Å²) in [5.41, 5.74) is 0.576. The third kappa shape index (κ3) is 2.85. The van der Waals surface area contributed by atoms with E-state index in [-0.39, 0.29) is 18.3 Å². The van der Waals surface area contributed by atoms with Gasteiger partial charge in [0.15, 0.2) is 0 Å². The first-order chi connectivity index (χ1) is 8.74. The van der Waals surface area contributed by atoms with Gasteiger partial charge in [-0.3, -0.25) is 4.90 Å². The average Bonchev–Trinajstić information content (AvgIpc) is 2.41. The lowest BCUT2D eigenvalue weighted by Crippen LogP contribution is -2.43. The zero-order chi connectivity index (χ0) is 13.0. The molecule has 0 aromatic heterocycles. The molecule has 1 heterocycles. The smallest absolute Gasteiger partial charge is 0.145 e. The van der Waals surface area contributed by atoms with Crippen molar-refractivity contribution in [1.82, 2.24) is 4.90 Å². The van der Waals surface area contributed by atoms with Crippen LogP contribution >= 0.6 is 0 Å². The van der Waals surface area contributed by atoms with Gasteiger partial charge < -0.3 is 9.84 Å². The van der Waals surface area contributed by atoms with Crippen molar-refractivity contribution in [2.24, 2.45) is 0 Å². The maximum absolute atomic E-state index is 13.9. The second-order valence-corrected chi connectivity index (χ2v) is 4.30. The molecule has 1 aliphatic rings. The van der Waals surface area contributed by atoms with Crippen LogP contribution in [0.25, 0.3) is 0 Å². The predicted octanol–water partition coefficient (Wildman–Crippen LogP) is 0.890. The Hall–Kier alpha value is -1.48. The Morgan fingerprint density at radius 2 is 2.39 bits per heavy atom. The molecule has 2 rings (SSSR count). The fraction of sp³-hybridized carbons (Fsp3) is 0.462. The normalized spacial score (nSPS) is 20.6. The average molecular weight is 250 g/mol. The summed E-state index contributed by atoms with van der Waals surface area (Å²) in [6.45, 7) is 2.21. The van der Waals surface area contributed by atoms with Gasteiger partial charge in [-0.2, -0.15) is 5.26 Å². The Bertz CT molecular complexity index is 459. The summed E-state index contributed by atoms with van der Waals surface area (Å²) in [7, 11) is 0. The minimum Gasteiger partial charge on any atom is -0.394 e. The number of nitrogens with zero attached hydrogens (tertiary/aromatic N) is 2. The zero-order valence-electron chi connectivity index (χ0n) is 9.97. The van der Waals surface area contributed by atoms with E-state index in [0.717, 1.165) is 0 Å². The van der Waals surface area contributed by atoms with Gasteiger partial charge in [0.1, 0.15) is 11.9 Å². The molecule has 1 fully saturated rings. The quantitative estimate of drug-likeness (QED) is 0.865. The van der Waals surface area contributed by atoms with Crippen LogP contribution in [0.5, 0.6) is 0 Å². The van der Waals surface area contributed by atoms with Crippen molar-refractivity contribution in [1.29, 1.82) is 5.26 Å². The van der Waals surface area contributed by atoms with Crippen molar-refractivity contribution in [3.8, 4) is 6.07 Å². The highest BCUT2D eigenvalue weighted by Crippen LogP contribution is 2.16. The van der Waals surface area contributed by atoms with Gasteiger partial charge in [0.25, 0.3) is 0 Å². The molecule has 96 valence electrons. The van der Waals surface area contributed by atoms with Crippen molar-refractivity contribution < 1.29 is 14.2 Å². The van der Waals surface area contributed by atoms with E-state index in [1.54, 1.807) is 12.1 Å². The molecular formula is C13H15FN2O2. The molecule has 1 saturated heterocycles. The van der Waals surface area contributed by atoms with E-state index in [9.17, 15) is 4.39 Å². The maximum Gasteiger partial charge on any atom is 0.145 e. The third-order valence-corrected chi connectivity index (χ3v) is 3.02. The molecule has 1 aromatic carbocycles. The highest BCUT2D eigenvalue weighted by Gasteiger charge is 2.21. The molecule has 0 radical (unpaired) electrons. The summed E-state index contributed by atoms with van der Waals surface area (Å²) >= 11 is 0. The summed E-state index contributed by atoms with van der Waals surface area (Å²) in [5.74, 6) is -0.452. The number of aliphatic hydroxyl groups excluding tert-OH is 1. The minimum atomic E-state index is -0.452. The summed E-state index contributed by atoms with van der Waals surface area (Å²) in [5, 5.41) is 17.8. The molecule has 0 saturated carbocycles. The van der Waals surface area contributed by atoms with Gasteiger partial charge >= 0.3 is 0 Å². The molecule has 1 aliphatic heterocycles.